The number of nitrogens with zero attached hydrogens (tertiary/aromatic N) is 1. The molecular formula is C28H31FN2O6S. The molecule has 0 bridgehead atoms. The summed E-state index contributed by atoms with van der Waals surface area (Å²) in [7, 11) is -2.63. The SMILES string of the molecule is CCOc1ccc(S(=O)(=O)N(CC(=O)NC2CC(C)(C)Oc3ccc(OC)cc32)c2ccc(F)cc2)cc1. The molecule has 10 heteroatoms. The zero-order valence-electron chi connectivity index (χ0n) is 21.7. The van der Waals surface area contributed by atoms with Crippen molar-refractivity contribution in [1.82, 2.24) is 5.32 Å². The number of hydrogen-bond donors (Lipinski definition) is 1. The van der Waals surface area contributed by atoms with E-state index in [9.17, 15) is 17.6 Å². The number of nitrogens with one attached hydrogen (secondary N) is 1. The van der Waals surface area contributed by atoms with Crippen LogP contribution in [0.25, 0.3) is 0 Å². The summed E-state index contributed by atoms with van der Waals surface area (Å²) in [5.41, 5.74) is 0.328. The lowest BCUT2D eigenvalue weighted by molar-refractivity contribution is -0.120. The first-order valence-electron chi connectivity index (χ1n) is 12.2. The fourth-order valence-corrected chi connectivity index (χ4v) is 5.80. The van der Waals surface area contributed by atoms with Crippen molar-refractivity contribution in [3.05, 3.63) is 78.1 Å². The Morgan fingerprint density at radius 3 is 2.37 bits per heavy atom. The Balaban J connectivity index is 1.64. The third-order valence-corrected chi connectivity index (χ3v) is 7.92. The molecule has 1 heterocycles. The normalized spacial score (nSPS) is 16.1. The van der Waals surface area contributed by atoms with Crippen LogP contribution in [0.15, 0.2) is 71.6 Å². The average Bonchev–Trinajstić information content (AvgIpc) is 2.87. The van der Waals surface area contributed by atoms with Crippen molar-refractivity contribution in [2.24, 2.45) is 0 Å². The van der Waals surface area contributed by atoms with Crippen LogP contribution in [0.1, 0.15) is 38.8 Å². The third-order valence-electron chi connectivity index (χ3n) is 6.13. The van der Waals surface area contributed by atoms with Gasteiger partial charge in [-0.3, -0.25) is 9.10 Å². The number of anilines is 1. The number of methoxy groups -OCH3 is 1. The topological polar surface area (TPSA) is 94.2 Å². The minimum Gasteiger partial charge on any atom is -0.497 e. The summed E-state index contributed by atoms with van der Waals surface area (Å²) >= 11 is 0. The Bertz CT molecular complexity index is 1390. The Hall–Kier alpha value is -3.79. The van der Waals surface area contributed by atoms with Crippen LogP contribution in [0, 0.1) is 5.82 Å². The van der Waals surface area contributed by atoms with Gasteiger partial charge in [-0.2, -0.15) is 0 Å². The molecule has 1 unspecified atom stereocenters. The number of carbonyl (C=O) groups is 1. The maximum Gasteiger partial charge on any atom is 0.264 e. The van der Waals surface area contributed by atoms with Gasteiger partial charge in [0.05, 0.1) is 30.3 Å². The molecule has 0 saturated carbocycles. The predicted molar refractivity (Wildman–Crippen MR) is 142 cm³/mol. The number of hydrogen-bond acceptors (Lipinski definition) is 6. The maximum atomic E-state index is 13.7. The number of rotatable bonds is 9. The van der Waals surface area contributed by atoms with Crippen molar-refractivity contribution in [3.63, 3.8) is 0 Å². The van der Waals surface area contributed by atoms with E-state index in [1.165, 1.54) is 24.3 Å². The highest BCUT2D eigenvalue weighted by molar-refractivity contribution is 7.92. The lowest BCUT2D eigenvalue weighted by Crippen LogP contribution is -2.45. The van der Waals surface area contributed by atoms with Crippen molar-refractivity contribution in [2.45, 2.75) is 43.7 Å². The van der Waals surface area contributed by atoms with Gasteiger partial charge in [-0.1, -0.05) is 0 Å². The molecule has 0 spiro atoms. The van der Waals surface area contributed by atoms with Gasteiger partial charge in [0, 0.05) is 12.0 Å². The first-order chi connectivity index (χ1) is 18.0. The van der Waals surface area contributed by atoms with Crippen LogP contribution in [0.2, 0.25) is 0 Å². The minimum atomic E-state index is -4.18. The van der Waals surface area contributed by atoms with Crippen LogP contribution in [0.4, 0.5) is 10.1 Å². The number of benzene rings is 3. The Labute approximate surface area is 222 Å². The summed E-state index contributed by atoms with van der Waals surface area (Å²) in [6.45, 7) is 5.58. The molecule has 0 aromatic heterocycles. The molecule has 0 fully saturated rings. The monoisotopic (exact) mass is 542 g/mol. The van der Waals surface area contributed by atoms with Crippen LogP contribution >= 0.6 is 0 Å². The van der Waals surface area contributed by atoms with Gasteiger partial charge >= 0.3 is 0 Å². The molecule has 1 aliphatic heterocycles. The molecule has 0 radical (unpaired) electrons. The zero-order valence-corrected chi connectivity index (χ0v) is 22.5. The van der Waals surface area contributed by atoms with Crippen molar-refractivity contribution < 1.29 is 31.8 Å². The van der Waals surface area contributed by atoms with E-state index in [0.717, 1.165) is 22.0 Å². The van der Waals surface area contributed by atoms with Gasteiger partial charge in [-0.25, -0.2) is 12.8 Å². The fraction of sp³-hybridized carbons (Fsp3) is 0.321. The van der Waals surface area contributed by atoms with Gasteiger partial charge in [0.1, 0.15) is 35.2 Å². The minimum absolute atomic E-state index is 0.0274. The van der Waals surface area contributed by atoms with E-state index < -0.39 is 39.9 Å². The van der Waals surface area contributed by atoms with Crippen LogP contribution < -0.4 is 23.8 Å². The zero-order chi connectivity index (χ0) is 27.5. The Kier molecular flexibility index (Phi) is 7.82. The summed E-state index contributed by atoms with van der Waals surface area (Å²) < 4.78 is 58.8. The van der Waals surface area contributed by atoms with Gasteiger partial charge in [0.25, 0.3) is 10.0 Å². The van der Waals surface area contributed by atoms with E-state index in [2.05, 4.69) is 5.32 Å². The van der Waals surface area contributed by atoms with Gasteiger partial charge < -0.3 is 19.5 Å². The number of amides is 1. The molecule has 1 amide bonds. The lowest BCUT2D eigenvalue weighted by atomic mass is 9.89. The van der Waals surface area contributed by atoms with Crippen molar-refractivity contribution in [2.75, 3.05) is 24.6 Å². The fourth-order valence-electron chi connectivity index (χ4n) is 4.38. The Morgan fingerprint density at radius 1 is 1.08 bits per heavy atom. The van der Waals surface area contributed by atoms with E-state index >= 15 is 0 Å². The number of sulfonamides is 1. The summed E-state index contributed by atoms with van der Waals surface area (Å²) in [4.78, 5) is 13.3. The second kappa shape index (κ2) is 10.9. The standard InChI is InChI=1S/C28H31FN2O6S/c1-5-36-21-10-13-23(14-11-21)38(33,34)31(20-8-6-19(29)7-9-20)18-27(32)30-25-17-28(2,3)37-26-15-12-22(35-4)16-24(25)26/h6-16,25H,5,17-18H2,1-4H3,(H,30,32). The molecule has 202 valence electrons. The van der Waals surface area contributed by atoms with Crippen LogP contribution in [-0.4, -0.2) is 40.2 Å². The van der Waals surface area contributed by atoms with Gasteiger partial charge in [0.2, 0.25) is 5.91 Å². The van der Waals surface area contributed by atoms with Crippen molar-refractivity contribution in [1.29, 1.82) is 0 Å². The predicted octanol–water partition coefficient (Wildman–Crippen LogP) is 4.85. The number of fused-ring (bicyclic) bond motifs is 1. The number of ether oxygens (including phenoxy) is 3. The van der Waals surface area contributed by atoms with Crippen molar-refractivity contribution in [3.8, 4) is 17.2 Å². The molecule has 8 nitrogen and oxygen atoms in total. The molecule has 1 N–H and O–H groups in total. The molecule has 0 saturated heterocycles. The lowest BCUT2D eigenvalue weighted by Gasteiger charge is -2.38. The van der Waals surface area contributed by atoms with Gasteiger partial charge in [0.15, 0.2) is 0 Å². The summed E-state index contributed by atoms with van der Waals surface area (Å²) in [6, 6.07) is 15.8. The van der Waals surface area contributed by atoms with Crippen molar-refractivity contribution >= 4 is 21.6 Å². The average molecular weight is 543 g/mol. The molecule has 0 aliphatic carbocycles. The first-order valence-corrected chi connectivity index (χ1v) is 13.6. The van der Waals surface area contributed by atoms with Crippen LogP contribution in [-0.2, 0) is 14.8 Å². The molecule has 4 rings (SSSR count). The van der Waals surface area contributed by atoms with E-state index in [1.54, 1.807) is 37.4 Å². The molecular weight excluding hydrogens is 511 g/mol. The second-order valence-corrected chi connectivity index (χ2v) is 11.3. The highest BCUT2D eigenvalue weighted by atomic mass is 32.2. The van der Waals surface area contributed by atoms with E-state index in [4.69, 9.17) is 14.2 Å². The molecule has 1 aliphatic rings. The Morgan fingerprint density at radius 2 is 1.74 bits per heavy atom. The summed E-state index contributed by atoms with van der Waals surface area (Å²) in [6.07, 6.45) is 0.459. The van der Waals surface area contributed by atoms with E-state index in [1.807, 2.05) is 20.8 Å². The third kappa shape index (κ3) is 6.02. The van der Waals surface area contributed by atoms with Gasteiger partial charge in [-0.15, -0.1) is 0 Å². The molecule has 1 atom stereocenters. The largest absolute Gasteiger partial charge is 0.497 e. The van der Waals surface area contributed by atoms with Crippen LogP contribution in [0.5, 0.6) is 17.2 Å². The first kappa shape index (κ1) is 27.3. The van der Waals surface area contributed by atoms with Gasteiger partial charge in [-0.05, 0) is 87.5 Å². The smallest absolute Gasteiger partial charge is 0.264 e. The molecule has 38 heavy (non-hydrogen) atoms. The summed E-state index contributed by atoms with van der Waals surface area (Å²) in [5, 5.41) is 2.97. The second-order valence-electron chi connectivity index (χ2n) is 9.48. The quantitative estimate of drug-likeness (QED) is 0.416. The number of carbonyl (C=O) groups excluding carboxylic acids is 1. The maximum absolute atomic E-state index is 13.7. The number of halogens is 1. The molecule has 3 aromatic rings. The van der Waals surface area contributed by atoms with Crippen LogP contribution in [0.3, 0.4) is 0 Å². The van der Waals surface area contributed by atoms with E-state index in [0.29, 0.717) is 30.3 Å². The molecule has 3 aromatic carbocycles. The summed E-state index contributed by atoms with van der Waals surface area (Å²) in [5.74, 6) is 0.697. The highest BCUT2D eigenvalue weighted by Gasteiger charge is 2.36. The highest BCUT2D eigenvalue weighted by Crippen LogP contribution is 2.41. The van der Waals surface area contributed by atoms with E-state index in [-0.39, 0.29) is 10.6 Å².